The predicted octanol–water partition coefficient (Wildman–Crippen LogP) is 4.42. The molecule has 0 atom stereocenters. The molecule has 1 heterocycles. The summed E-state index contributed by atoms with van der Waals surface area (Å²) >= 11 is 0. The van der Waals surface area contributed by atoms with Crippen molar-refractivity contribution in [2.75, 3.05) is 0 Å². The molecular weight excluding hydrogens is 263 g/mol. The zero-order chi connectivity index (χ0) is 16.6. The highest BCUT2D eigenvalue weighted by atomic mass is 16.7. The van der Waals surface area contributed by atoms with Gasteiger partial charge in [0.25, 0.3) is 0 Å². The van der Waals surface area contributed by atoms with Crippen molar-refractivity contribution in [1.29, 1.82) is 0 Å². The van der Waals surface area contributed by atoms with Crippen LogP contribution < -0.4 is 0 Å². The smallest absolute Gasteiger partial charge is 0.403 e. The van der Waals surface area contributed by atoms with Gasteiger partial charge < -0.3 is 9.31 Å². The summed E-state index contributed by atoms with van der Waals surface area (Å²) in [6.45, 7) is 18.4. The van der Waals surface area contributed by atoms with E-state index in [9.17, 15) is 4.79 Å². The van der Waals surface area contributed by atoms with Crippen LogP contribution in [0.3, 0.4) is 0 Å². The largest absolute Gasteiger partial charge is 0.462 e. The molecule has 0 saturated carbocycles. The molecule has 0 radical (unpaired) electrons. The fourth-order valence-electron chi connectivity index (χ4n) is 2.40. The van der Waals surface area contributed by atoms with Crippen LogP contribution in [0.4, 0.5) is 0 Å². The van der Waals surface area contributed by atoms with E-state index in [0.29, 0.717) is 12.7 Å². The van der Waals surface area contributed by atoms with Crippen LogP contribution in [0, 0.1) is 5.41 Å². The average Bonchev–Trinajstić information content (AvgIpc) is 2.40. The summed E-state index contributed by atoms with van der Waals surface area (Å²) in [7, 11) is -0.344. The Morgan fingerprint density at radius 2 is 1.43 bits per heavy atom. The van der Waals surface area contributed by atoms with Crippen LogP contribution in [0.5, 0.6) is 0 Å². The second-order valence-electron chi connectivity index (χ2n) is 8.53. The maximum Gasteiger partial charge on any atom is 0.462 e. The molecule has 3 nitrogen and oxygen atoms in total. The minimum atomic E-state index is -0.350. The highest BCUT2D eigenvalue weighted by Gasteiger charge is 2.51. The summed E-state index contributed by atoms with van der Waals surface area (Å²) < 4.78 is 12.0. The van der Waals surface area contributed by atoms with Crippen molar-refractivity contribution in [3.63, 3.8) is 0 Å². The molecule has 0 aromatic rings. The molecule has 0 unspecified atom stereocenters. The Hall–Kier alpha value is -0.605. The third-order valence-electron chi connectivity index (χ3n) is 4.30. The lowest BCUT2D eigenvalue weighted by Gasteiger charge is -2.32. The molecule has 4 heteroatoms. The summed E-state index contributed by atoms with van der Waals surface area (Å²) in [5.41, 5.74) is 1.20. The number of allylic oxidation sites excluding steroid dienone is 2. The fraction of sp³-hybridized carbons (Fsp3) is 0.824. The van der Waals surface area contributed by atoms with Gasteiger partial charge in [0.1, 0.15) is 0 Å². The third kappa shape index (κ3) is 4.68. The lowest BCUT2D eigenvalue weighted by Crippen LogP contribution is -2.41. The van der Waals surface area contributed by atoms with Gasteiger partial charge in [0.2, 0.25) is 0 Å². The van der Waals surface area contributed by atoms with Gasteiger partial charge in [-0.2, -0.15) is 0 Å². The number of carbonyl (C=O) groups is 1. The highest BCUT2D eigenvalue weighted by molar-refractivity contribution is 6.47. The van der Waals surface area contributed by atoms with Gasteiger partial charge in [-0.25, -0.2) is 0 Å². The molecule has 0 amide bonds. The number of hydrogen-bond acceptors (Lipinski definition) is 3. The van der Waals surface area contributed by atoms with Crippen LogP contribution in [-0.4, -0.2) is 24.1 Å². The van der Waals surface area contributed by atoms with Crippen molar-refractivity contribution in [3.05, 3.63) is 11.1 Å². The van der Waals surface area contributed by atoms with Gasteiger partial charge in [0, 0.05) is 12.7 Å². The van der Waals surface area contributed by atoms with Gasteiger partial charge in [0.15, 0.2) is 5.78 Å². The zero-order valence-corrected chi connectivity index (χ0v) is 15.2. The van der Waals surface area contributed by atoms with Gasteiger partial charge >= 0.3 is 7.12 Å². The highest BCUT2D eigenvalue weighted by Crippen LogP contribution is 2.39. The predicted molar refractivity (Wildman–Crippen MR) is 88.3 cm³/mol. The third-order valence-corrected chi connectivity index (χ3v) is 4.30. The molecule has 1 saturated heterocycles. The second-order valence-corrected chi connectivity index (χ2v) is 8.53. The number of rotatable bonds is 4. The van der Waals surface area contributed by atoms with Gasteiger partial charge in [-0.15, -0.1) is 0 Å². The monoisotopic (exact) mass is 294 g/mol. The van der Waals surface area contributed by atoms with Crippen molar-refractivity contribution in [2.45, 2.75) is 86.3 Å². The first-order valence-corrected chi connectivity index (χ1v) is 7.80. The normalized spacial score (nSPS) is 20.5. The Morgan fingerprint density at radius 1 is 1.00 bits per heavy atom. The van der Waals surface area contributed by atoms with E-state index in [-0.39, 0.29) is 29.5 Å². The molecule has 21 heavy (non-hydrogen) atoms. The van der Waals surface area contributed by atoms with E-state index in [1.807, 2.05) is 41.5 Å². The van der Waals surface area contributed by atoms with Crippen LogP contribution in [0.1, 0.15) is 68.7 Å². The number of ketones is 1. The Bertz CT molecular complexity index is 421. The van der Waals surface area contributed by atoms with Crippen LogP contribution in [0.25, 0.3) is 0 Å². The standard InChI is InChI=1S/C17H31BO3/c1-12(2)13(14(19)10-15(3,4)5)11-18-20-16(6,7)17(8,9)21-18/h10-11H2,1-9H3. The molecule has 1 aliphatic heterocycles. The van der Waals surface area contributed by atoms with E-state index in [0.717, 1.165) is 11.1 Å². The van der Waals surface area contributed by atoms with E-state index in [1.54, 1.807) is 0 Å². The minimum Gasteiger partial charge on any atom is -0.403 e. The first kappa shape index (κ1) is 18.4. The van der Waals surface area contributed by atoms with Crippen molar-refractivity contribution < 1.29 is 14.1 Å². The van der Waals surface area contributed by atoms with Crippen molar-refractivity contribution in [1.82, 2.24) is 0 Å². The van der Waals surface area contributed by atoms with E-state index < -0.39 is 0 Å². The molecular formula is C17H31BO3. The first-order valence-electron chi connectivity index (χ1n) is 7.80. The molecule has 0 N–H and O–H groups in total. The zero-order valence-electron chi connectivity index (χ0n) is 15.2. The molecule has 0 aromatic heterocycles. The molecule has 0 bridgehead atoms. The lowest BCUT2D eigenvalue weighted by atomic mass is 9.75. The number of Topliss-reactive ketones (excluding diaryl/α,β-unsaturated/α-hetero) is 1. The Kier molecular flexibility index (Phi) is 5.17. The van der Waals surface area contributed by atoms with E-state index in [1.165, 1.54) is 0 Å². The second kappa shape index (κ2) is 5.88. The fourth-order valence-corrected chi connectivity index (χ4v) is 2.40. The SMILES string of the molecule is CC(C)=C(CB1OC(C)(C)C(C)(C)O1)C(=O)CC(C)(C)C. The van der Waals surface area contributed by atoms with Gasteiger partial charge in [-0.3, -0.25) is 4.79 Å². The molecule has 0 aliphatic carbocycles. The maximum absolute atomic E-state index is 12.5. The molecule has 1 aliphatic rings. The quantitative estimate of drug-likeness (QED) is 0.568. The molecule has 0 spiro atoms. The minimum absolute atomic E-state index is 0.00623. The van der Waals surface area contributed by atoms with E-state index in [4.69, 9.17) is 9.31 Å². The molecule has 120 valence electrons. The van der Waals surface area contributed by atoms with Gasteiger partial charge in [0.05, 0.1) is 11.2 Å². The Morgan fingerprint density at radius 3 is 1.76 bits per heavy atom. The maximum atomic E-state index is 12.5. The van der Waals surface area contributed by atoms with Crippen molar-refractivity contribution >= 4 is 12.9 Å². The van der Waals surface area contributed by atoms with Crippen LogP contribution in [-0.2, 0) is 14.1 Å². The summed E-state index contributed by atoms with van der Waals surface area (Å²) in [4.78, 5) is 12.5. The summed E-state index contributed by atoms with van der Waals surface area (Å²) in [5.74, 6) is 0.206. The van der Waals surface area contributed by atoms with Gasteiger partial charge in [-0.1, -0.05) is 26.3 Å². The Labute approximate surface area is 130 Å². The van der Waals surface area contributed by atoms with Crippen LogP contribution in [0.15, 0.2) is 11.1 Å². The molecule has 1 fully saturated rings. The number of hydrogen-bond donors (Lipinski definition) is 0. The summed E-state index contributed by atoms with van der Waals surface area (Å²) in [6.07, 6.45) is 1.08. The first-order chi connectivity index (χ1) is 9.25. The summed E-state index contributed by atoms with van der Waals surface area (Å²) in [5, 5.41) is 0. The lowest BCUT2D eigenvalue weighted by molar-refractivity contribution is -0.117. The topological polar surface area (TPSA) is 35.5 Å². The number of carbonyl (C=O) groups excluding carboxylic acids is 1. The van der Waals surface area contributed by atoms with Crippen molar-refractivity contribution in [3.8, 4) is 0 Å². The van der Waals surface area contributed by atoms with E-state index in [2.05, 4.69) is 20.8 Å². The molecule has 1 rings (SSSR count). The Balaban J connectivity index is 2.84. The summed E-state index contributed by atoms with van der Waals surface area (Å²) in [6, 6.07) is 0. The van der Waals surface area contributed by atoms with E-state index >= 15 is 0 Å². The van der Waals surface area contributed by atoms with Gasteiger partial charge in [-0.05, 0) is 52.5 Å². The van der Waals surface area contributed by atoms with Crippen LogP contribution >= 0.6 is 0 Å². The van der Waals surface area contributed by atoms with Crippen molar-refractivity contribution in [2.24, 2.45) is 5.41 Å². The average molecular weight is 294 g/mol. The molecule has 0 aromatic carbocycles. The van der Waals surface area contributed by atoms with Crippen LogP contribution in [0.2, 0.25) is 6.32 Å².